The number of rotatable bonds is 8. The number of fused-ring (bicyclic) bond motifs is 5. The van der Waals surface area contributed by atoms with E-state index in [1.807, 2.05) is 0 Å². The molecule has 0 saturated carbocycles. The number of hydrogen-bond donors (Lipinski definition) is 1. The minimum Gasteiger partial charge on any atom is -0.454 e. The second-order valence-electron chi connectivity index (χ2n) is 9.86. The number of benzene rings is 1. The first kappa shape index (κ1) is 24.3. The summed E-state index contributed by atoms with van der Waals surface area (Å²) in [6.45, 7) is 4.64. The third-order valence-electron chi connectivity index (χ3n) is 7.63. The van der Waals surface area contributed by atoms with Gasteiger partial charge in [-0.1, -0.05) is 6.92 Å². The number of nitrogens with zero attached hydrogens (tertiary/aromatic N) is 2. The average molecular weight is 514 g/mol. The van der Waals surface area contributed by atoms with Crippen molar-refractivity contribution in [2.45, 2.75) is 57.5 Å². The molecule has 4 aliphatic heterocycles. The van der Waals surface area contributed by atoms with Gasteiger partial charge < -0.3 is 9.47 Å². The van der Waals surface area contributed by atoms with Crippen LogP contribution in [-0.4, -0.2) is 76.6 Å². The predicted octanol–water partition coefficient (Wildman–Crippen LogP) is 1.85. The van der Waals surface area contributed by atoms with Gasteiger partial charge in [0.15, 0.2) is 11.5 Å². The first-order valence-corrected chi connectivity index (χ1v) is 15.7. The second-order valence-corrected chi connectivity index (χ2v) is 13.8. The lowest BCUT2D eigenvalue weighted by molar-refractivity contribution is 0.0219. The van der Waals surface area contributed by atoms with E-state index in [4.69, 9.17) is 9.47 Å². The number of ether oxygens (including phenoxy) is 2. The molecule has 0 amide bonds. The zero-order valence-electron chi connectivity index (χ0n) is 19.7. The zero-order valence-corrected chi connectivity index (χ0v) is 21.4. The van der Waals surface area contributed by atoms with Gasteiger partial charge in [0.2, 0.25) is 26.8 Å². The van der Waals surface area contributed by atoms with E-state index in [2.05, 4.69) is 21.8 Å². The van der Waals surface area contributed by atoms with Crippen LogP contribution in [0.4, 0.5) is 0 Å². The fourth-order valence-corrected chi connectivity index (χ4v) is 9.04. The van der Waals surface area contributed by atoms with Crippen molar-refractivity contribution < 1.29 is 26.3 Å². The summed E-state index contributed by atoms with van der Waals surface area (Å²) >= 11 is 0. The van der Waals surface area contributed by atoms with Gasteiger partial charge in [-0.25, -0.2) is 21.6 Å². The molecule has 11 heteroatoms. The Morgan fingerprint density at radius 2 is 1.88 bits per heavy atom. The Labute approximate surface area is 202 Å². The molecule has 2 saturated heterocycles. The highest BCUT2D eigenvalue weighted by molar-refractivity contribution is 7.89. The van der Waals surface area contributed by atoms with E-state index in [0.29, 0.717) is 18.9 Å². The summed E-state index contributed by atoms with van der Waals surface area (Å²) < 4.78 is 65.9. The van der Waals surface area contributed by atoms with E-state index in [1.54, 1.807) is 11.2 Å². The SMILES string of the molecule is CCCS(=O)(=O)NCCCS(=O)(=O)N1CCC[C@H]2CN3CCc4cc5c(cc4[C@@H]3C[C@H]21)OCO5. The molecular weight excluding hydrogens is 478 g/mol. The van der Waals surface area contributed by atoms with Crippen molar-refractivity contribution in [1.29, 1.82) is 0 Å². The van der Waals surface area contributed by atoms with Gasteiger partial charge in [0.1, 0.15) is 0 Å². The topological polar surface area (TPSA) is 105 Å². The molecule has 5 rings (SSSR count). The molecule has 1 aromatic rings. The van der Waals surface area contributed by atoms with Gasteiger partial charge in [0.05, 0.1) is 11.5 Å². The fraction of sp³-hybridized carbons (Fsp3) is 0.739. The number of piperidine rings is 2. The molecule has 0 aromatic heterocycles. The maximum Gasteiger partial charge on any atom is 0.231 e. The lowest BCUT2D eigenvalue weighted by Gasteiger charge is -2.51. The van der Waals surface area contributed by atoms with Crippen molar-refractivity contribution in [2.75, 3.05) is 44.5 Å². The monoisotopic (exact) mass is 513 g/mol. The first-order valence-electron chi connectivity index (χ1n) is 12.4. The van der Waals surface area contributed by atoms with Crippen molar-refractivity contribution >= 4 is 20.0 Å². The molecular formula is C23H35N3O6S2. The van der Waals surface area contributed by atoms with Crippen molar-refractivity contribution in [1.82, 2.24) is 13.9 Å². The Hall–Kier alpha value is -1.40. The van der Waals surface area contributed by atoms with Gasteiger partial charge >= 0.3 is 0 Å². The highest BCUT2D eigenvalue weighted by Crippen LogP contribution is 2.46. The predicted molar refractivity (Wildman–Crippen MR) is 129 cm³/mol. The maximum absolute atomic E-state index is 13.3. The first-order chi connectivity index (χ1) is 16.3. The number of nitrogens with one attached hydrogen (secondary N) is 1. The van der Waals surface area contributed by atoms with Gasteiger partial charge in [-0.05, 0) is 67.7 Å². The van der Waals surface area contributed by atoms with E-state index >= 15 is 0 Å². The fourth-order valence-electron chi connectivity index (χ4n) is 6.08. The molecule has 190 valence electrons. The van der Waals surface area contributed by atoms with E-state index in [0.717, 1.165) is 50.3 Å². The summed E-state index contributed by atoms with van der Waals surface area (Å²) in [5, 5.41) is 0. The van der Waals surface area contributed by atoms with Gasteiger partial charge in [-0.3, -0.25) is 4.90 Å². The molecule has 0 aliphatic carbocycles. The molecule has 0 spiro atoms. The molecule has 34 heavy (non-hydrogen) atoms. The normalized spacial score (nSPS) is 27.1. The Morgan fingerprint density at radius 3 is 2.68 bits per heavy atom. The van der Waals surface area contributed by atoms with E-state index in [9.17, 15) is 16.8 Å². The largest absolute Gasteiger partial charge is 0.454 e. The van der Waals surface area contributed by atoms with Crippen LogP contribution in [0.2, 0.25) is 0 Å². The summed E-state index contributed by atoms with van der Waals surface area (Å²) in [4.78, 5) is 2.52. The molecule has 2 fully saturated rings. The van der Waals surface area contributed by atoms with Gasteiger partial charge in [0.25, 0.3) is 0 Å². The van der Waals surface area contributed by atoms with Crippen LogP contribution in [-0.2, 0) is 26.5 Å². The molecule has 1 N–H and O–H groups in total. The Kier molecular flexibility index (Phi) is 6.84. The molecule has 0 radical (unpaired) electrons. The smallest absolute Gasteiger partial charge is 0.231 e. The molecule has 1 aromatic carbocycles. The summed E-state index contributed by atoms with van der Waals surface area (Å²) in [6.07, 6.45) is 4.48. The highest BCUT2D eigenvalue weighted by Gasteiger charge is 2.46. The van der Waals surface area contributed by atoms with Crippen LogP contribution < -0.4 is 14.2 Å². The van der Waals surface area contributed by atoms with Crippen molar-refractivity contribution in [2.24, 2.45) is 5.92 Å². The standard InChI is InChI=1S/C23H35N3O6S2/c1-2-10-33(27,28)24-7-4-11-34(29,30)26-8-3-5-18-15-25-9-6-17-12-22-23(32-16-31-22)13-19(17)21(25)14-20(18)26/h12-13,18,20-21,24H,2-11,14-16H2,1H3/t18-,20+,21-/m0/s1. The van der Waals surface area contributed by atoms with Crippen LogP contribution in [0.25, 0.3) is 0 Å². The third-order valence-corrected chi connectivity index (χ3v) is 11.2. The minimum atomic E-state index is -3.47. The van der Waals surface area contributed by atoms with Crippen molar-refractivity contribution in [3.63, 3.8) is 0 Å². The quantitative estimate of drug-likeness (QED) is 0.529. The number of hydrogen-bond acceptors (Lipinski definition) is 7. The summed E-state index contributed by atoms with van der Waals surface area (Å²) in [7, 11) is -6.80. The Balaban J connectivity index is 1.29. The summed E-state index contributed by atoms with van der Waals surface area (Å²) in [5.74, 6) is 1.95. The van der Waals surface area contributed by atoms with Crippen LogP contribution in [0.3, 0.4) is 0 Å². The van der Waals surface area contributed by atoms with Gasteiger partial charge in [0, 0.05) is 38.3 Å². The summed E-state index contributed by atoms with van der Waals surface area (Å²) in [6, 6.07) is 4.35. The van der Waals surface area contributed by atoms with E-state index in [1.165, 1.54) is 11.1 Å². The third kappa shape index (κ3) is 4.82. The molecule has 4 heterocycles. The molecule has 4 aliphatic rings. The van der Waals surface area contributed by atoms with Crippen LogP contribution >= 0.6 is 0 Å². The lowest BCUT2D eigenvalue weighted by atomic mass is 9.77. The second kappa shape index (κ2) is 9.57. The van der Waals surface area contributed by atoms with Crippen LogP contribution in [0.1, 0.15) is 56.2 Å². The summed E-state index contributed by atoms with van der Waals surface area (Å²) in [5.41, 5.74) is 2.51. The molecule has 3 atom stereocenters. The van der Waals surface area contributed by atoms with Crippen LogP contribution in [0, 0.1) is 5.92 Å². The van der Waals surface area contributed by atoms with Crippen LogP contribution in [0.15, 0.2) is 12.1 Å². The molecule has 0 bridgehead atoms. The maximum atomic E-state index is 13.3. The van der Waals surface area contributed by atoms with E-state index in [-0.39, 0.29) is 43.3 Å². The van der Waals surface area contributed by atoms with Gasteiger partial charge in [-0.15, -0.1) is 0 Å². The van der Waals surface area contributed by atoms with Gasteiger partial charge in [-0.2, -0.15) is 4.31 Å². The average Bonchev–Trinajstić information content (AvgIpc) is 3.26. The minimum absolute atomic E-state index is 0.0202. The van der Waals surface area contributed by atoms with Crippen molar-refractivity contribution in [3.05, 3.63) is 23.3 Å². The Bertz CT molecular complexity index is 1120. The Morgan fingerprint density at radius 1 is 1.09 bits per heavy atom. The van der Waals surface area contributed by atoms with Crippen molar-refractivity contribution in [3.8, 4) is 11.5 Å². The highest BCUT2D eigenvalue weighted by atomic mass is 32.2. The van der Waals surface area contributed by atoms with E-state index < -0.39 is 20.0 Å². The molecule has 9 nitrogen and oxygen atoms in total. The molecule has 0 unspecified atom stereocenters. The number of sulfonamides is 2. The lowest BCUT2D eigenvalue weighted by Crippen LogP contribution is -2.57. The van der Waals surface area contributed by atoms with Crippen LogP contribution in [0.5, 0.6) is 11.5 Å². The zero-order chi connectivity index (χ0) is 23.9.